The van der Waals surface area contributed by atoms with Crippen molar-refractivity contribution in [2.24, 2.45) is 5.92 Å². The van der Waals surface area contributed by atoms with Crippen LogP contribution in [0.1, 0.15) is 30.1 Å². The molecule has 0 aromatic heterocycles. The number of nitrogens with zero attached hydrogens (tertiary/aromatic N) is 1. The predicted molar refractivity (Wildman–Crippen MR) is 75.6 cm³/mol. The molecule has 5 heteroatoms. The Kier molecular flexibility index (Phi) is 3.95. The van der Waals surface area contributed by atoms with E-state index in [1.54, 1.807) is 30.0 Å². The van der Waals surface area contributed by atoms with Crippen LogP contribution in [-0.2, 0) is 0 Å². The van der Waals surface area contributed by atoms with Crippen LogP contribution in [0.3, 0.4) is 0 Å². The van der Waals surface area contributed by atoms with Gasteiger partial charge in [-0.1, -0.05) is 0 Å². The maximum absolute atomic E-state index is 12.4. The molecule has 1 atom stereocenters. The van der Waals surface area contributed by atoms with E-state index < -0.39 is 0 Å². The Bertz CT molecular complexity index is 466. The zero-order valence-electron chi connectivity index (χ0n) is 11.2. The standard InChI is InChI=1S/C14H21N3O2/c1-9(18)10-4-6-17(7-5-10)14(19)12-3-2-11(15)8-13(12)16/h2-3,8-10,18H,4-7,15-16H2,1H3. The van der Waals surface area contributed by atoms with E-state index in [1.807, 2.05) is 0 Å². The number of rotatable bonds is 2. The molecule has 0 saturated carbocycles. The fourth-order valence-electron chi connectivity index (χ4n) is 2.53. The summed E-state index contributed by atoms with van der Waals surface area (Å²) in [6.45, 7) is 3.14. The number of nitrogen functional groups attached to an aromatic ring is 2. The quantitative estimate of drug-likeness (QED) is 0.696. The SMILES string of the molecule is CC(O)C1CCN(C(=O)c2ccc(N)cc2N)CC1. The third kappa shape index (κ3) is 2.98. The van der Waals surface area contributed by atoms with Crippen LogP contribution in [0.2, 0.25) is 0 Å². The molecule has 1 aromatic rings. The van der Waals surface area contributed by atoms with Gasteiger partial charge in [0.05, 0.1) is 11.7 Å². The second-order valence-corrected chi connectivity index (χ2v) is 5.22. The number of likely N-dealkylation sites (tertiary alicyclic amines) is 1. The number of amides is 1. The number of carbonyl (C=O) groups is 1. The summed E-state index contributed by atoms with van der Waals surface area (Å²) in [4.78, 5) is 14.1. The third-order valence-corrected chi connectivity index (χ3v) is 3.82. The van der Waals surface area contributed by atoms with Gasteiger partial charge >= 0.3 is 0 Å². The van der Waals surface area contributed by atoms with Gasteiger partial charge in [-0.15, -0.1) is 0 Å². The number of aliphatic hydroxyl groups is 1. The van der Waals surface area contributed by atoms with Crippen LogP contribution in [0, 0.1) is 5.92 Å². The lowest BCUT2D eigenvalue weighted by Gasteiger charge is -2.33. The van der Waals surface area contributed by atoms with E-state index in [-0.39, 0.29) is 17.9 Å². The van der Waals surface area contributed by atoms with Gasteiger partial charge in [-0.05, 0) is 43.9 Å². The molecule has 1 saturated heterocycles. The highest BCUT2D eigenvalue weighted by atomic mass is 16.3. The highest BCUT2D eigenvalue weighted by Crippen LogP contribution is 2.24. The van der Waals surface area contributed by atoms with Gasteiger partial charge in [-0.2, -0.15) is 0 Å². The van der Waals surface area contributed by atoms with E-state index in [0.29, 0.717) is 30.0 Å². The monoisotopic (exact) mass is 263 g/mol. The molecule has 1 amide bonds. The van der Waals surface area contributed by atoms with Crippen molar-refractivity contribution in [2.75, 3.05) is 24.6 Å². The van der Waals surface area contributed by atoms with Crippen LogP contribution in [0.25, 0.3) is 0 Å². The molecule has 0 spiro atoms. The lowest BCUT2D eigenvalue weighted by Crippen LogP contribution is -2.40. The Hall–Kier alpha value is -1.75. The number of piperidine rings is 1. The van der Waals surface area contributed by atoms with E-state index in [2.05, 4.69) is 0 Å². The fraction of sp³-hybridized carbons (Fsp3) is 0.500. The highest BCUT2D eigenvalue weighted by molar-refractivity contribution is 5.99. The maximum Gasteiger partial charge on any atom is 0.255 e. The average Bonchev–Trinajstić information content (AvgIpc) is 2.38. The van der Waals surface area contributed by atoms with E-state index in [9.17, 15) is 9.90 Å². The molecule has 1 aliphatic rings. The first kappa shape index (κ1) is 13.7. The molecule has 5 nitrogen and oxygen atoms in total. The van der Waals surface area contributed by atoms with E-state index in [4.69, 9.17) is 11.5 Å². The number of aliphatic hydroxyl groups excluding tert-OH is 1. The van der Waals surface area contributed by atoms with Crippen molar-refractivity contribution in [1.82, 2.24) is 4.90 Å². The van der Waals surface area contributed by atoms with Crippen molar-refractivity contribution < 1.29 is 9.90 Å². The van der Waals surface area contributed by atoms with Gasteiger partial charge in [0.15, 0.2) is 0 Å². The number of hydrogen-bond acceptors (Lipinski definition) is 4. The first-order valence-corrected chi connectivity index (χ1v) is 6.61. The molecule has 5 N–H and O–H groups in total. The van der Waals surface area contributed by atoms with Crippen molar-refractivity contribution in [3.05, 3.63) is 23.8 Å². The molecule has 104 valence electrons. The number of benzene rings is 1. The smallest absolute Gasteiger partial charge is 0.255 e. The number of nitrogens with two attached hydrogens (primary N) is 2. The minimum Gasteiger partial charge on any atom is -0.399 e. The largest absolute Gasteiger partial charge is 0.399 e. The van der Waals surface area contributed by atoms with Crippen LogP contribution >= 0.6 is 0 Å². The molecule has 0 bridgehead atoms. The predicted octanol–water partition coefficient (Wildman–Crippen LogP) is 1.08. The molecule has 1 aromatic carbocycles. The molecule has 1 aliphatic heterocycles. The molecular weight excluding hydrogens is 242 g/mol. The normalized spacial score (nSPS) is 18.3. The van der Waals surface area contributed by atoms with Crippen LogP contribution in [0.15, 0.2) is 18.2 Å². The Morgan fingerprint density at radius 1 is 1.37 bits per heavy atom. The van der Waals surface area contributed by atoms with Crippen molar-refractivity contribution in [3.8, 4) is 0 Å². The summed E-state index contributed by atoms with van der Waals surface area (Å²) >= 11 is 0. The Labute approximate surface area is 113 Å². The zero-order chi connectivity index (χ0) is 14.0. The minimum atomic E-state index is -0.307. The van der Waals surface area contributed by atoms with Crippen molar-refractivity contribution in [3.63, 3.8) is 0 Å². The van der Waals surface area contributed by atoms with Gasteiger partial charge in [-0.25, -0.2) is 0 Å². The topological polar surface area (TPSA) is 92.6 Å². The maximum atomic E-state index is 12.4. The van der Waals surface area contributed by atoms with Gasteiger partial charge in [0, 0.05) is 24.5 Å². The van der Waals surface area contributed by atoms with Gasteiger partial charge in [0.1, 0.15) is 0 Å². The number of anilines is 2. The molecule has 0 radical (unpaired) electrons. The van der Waals surface area contributed by atoms with E-state index >= 15 is 0 Å². The summed E-state index contributed by atoms with van der Waals surface area (Å²) < 4.78 is 0. The average molecular weight is 263 g/mol. The Balaban J connectivity index is 2.05. The van der Waals surface area contributed by atoms with Crippen LogP contribution in [0.5, 0.6) is 0 Å². The summed E-state index contributed by atoms with van der Waals surface area (Å²) in [5, 5.41) is 9.56. The summed E-state index contributed by atoms with van der Waals surface area (Å²) in [5.74, 6) is 0.231. The van der Waals surface area contributed by atoms with Crippen molar-refractivity contribution in [1.29, 1.82) is 0 Å². The molecule has 1 unspecified atom stereocenters. The van der Waals surface area contributed by atoms with Crippen LogP contribution < -0.4 is 11.5 Å². The van der Waals surface area contributed by atoms with E-state index in [1.165, 1.54) is 0 Å². The van der Waals surface area contributed by atoms with Crippen molar-refractivity contribution in [2.45, 2.75) is 25.9 Å². The summed E-state index contributed by atoms with van der Waals surface area (Å²) in [7, 11) is 0. The third-order valence-electron chi connectivity index (χ3n) is 3.82. The molecule has 2 rings (SSSR count). The Morgan fingerprint density at radius 2 is 2.00 bits per heavy atom. The molecule has 0 aliphatic carbocycles. The van der Waals surface area contributed by atoms with Crippen LogP contribution in [0.4, 0.5) is 11.4 Å². The van der Waals surface area contributed by atoms with Crippen LogP contribution in [-0.4, -0.2) is 35.1 Å². The minimum absolute atomic E-state index is 0.0541. The second kappa shape index (κ2) is 5.48. The van der Waals surface area contributed by atoms with E-state index in [0.717, 1.165) is 12.8 Å². The first-order valence-electron chi connectivity index (χ1n) is 6.61. The number of hydrogen-bond donors (Lipinski definition) is 3. The second-order valence-electron chi connectivity index (χ2n) is 5.22. The van der Waals surface area contributed by atoms with Gasteiger partial charge in [0.2, 0.25) is 0 Å². The lowest BCUT2D eigenvalue weighted by atomic mass is 9.92. The summed E-state index contributed by atoms with van der Waals surface area (Å²) in [6.07, 6.45) is 1.36. The Morgan fingerprint density at radius 3 is 2.53 bits per heavy atom. The van der Waals surface area contributed by atoms with Gasteiger partial charge in [0.25, 0.3) is 5.91 Å². The lowest BCUT2D eigenvalue weighted by molar-refractivity contribution is 0.0522. The first-order chi connectivity index (χ1) is 8.99. The molecule has 1 fully saturated rings. The highest BCUT2D eigenvalue weighted by Gasteiger charge is 2.26. The zero-order valence-corrected chi connectivity index (χ0v) is 11.2. The number of carbonyl (C=O) groups excluding carboxylic acids is 1. The molecule has 19 heavy (non-hydrogen) atoms. The van der Waals surface area contributed by atoms with Crippen molar-refractivity contribution >= 4 is 17.3 Å². The summed E-state index contributed by atoms with van der Waals surface area (Å²) in [6, 6.07) is 4.97. The molecule has 1 heterocycles. The summed E-state index contributed by atoms with van der Waals surface area (Å²) in [5.41, 5.74) is 12.9. The molecular formula is C14H21N3O2. The van der Waals surface area contributed by atoms with Gasteiger partial charge < -0.3 is 21.5 Å². The fourth-order valence-corrected chi connectivity index (χ4v) is 2.53. The van der Waals surface area contributed by atoms with Gasteiger partial charge in [-0.3, -0.25) is 4.79 Å².